The Morgan fingerprint density at radius 1 is 0.507 bits per heavy atom. The third-order valence-electron chi connectivity index (χ3n) is 15.6. The molecule has 0 saturated heterocycles. The highest BCUT2D eigenvalue weighted by Crippen LogP contribution is 2.53. The number of rotatable bonds is 7. The fraction of sp³-hybridized carbons (Fsp3) is 0.309. The molecule has 3 heterocycles. The van der Waals surface area contributed by atoms with Gasteiger partial charge in [0.25, 0.3) is 0 Å². The van der Waals surface area contributed by atoms with Crippen molar-refractivity contribution in [2.45, 2.75) is 130 Å². The Balaban J connectivity index is 1.07. The van der Waals surface area contributed by atoms with Gasteiger partial charge in [-0.25, -0.2) is 4.98 Å². The predicted molar refractivity (Wildman–Crippen MR) is 309 cm³/mol. The molecule has 7 aromatic carbocycles. The van der Waals surface area contributed by atoms with Crippen LogP contribution < -0.4 is 14.5 Å². The van der Waals surface area contributed by atoms with E-state index in [1.165, 1.54) is 28.8 Å². The van der Waals surface area contributed by atoms with Crippen LogP contribution in [0, 0.1) is 0 Å². The molecule has 2 aliphatic rings. The maximum Gasteiger partial charge on any atom is 0.137 e. The Morgan fingerprint density at radius 2 is 1.14 bits per heavy atom. The van der Waals surface area contributed by atoms with Gasteiger partial charge in [0.15, 0.2) is 0 Å². The van der Waals surface area contributed by atoms with E-state index in [9.17, 15) is 0 Å². The van der Waals surface area contributed by atoms with Crippen molar-refractivity contribution in [2.75, 3.05) is 16.5 Å². The Morgan fingerprint density at radius 3 is 1.86 bits per heavy atom. The van der Waals surface area contributed by atoms with Crippen LogP contribution in [0.5, 0.6) is 11.5 Å². The number of anilines is 4. The smallest absolute Gasteiger partial charge is 0.137 e. The number of fused-ring (bicyclic) bond motifs is 5. The largest absolute Gasteiger partial charge is 0.457 e. The molecule has 0 unspecified atom stereocenters. The molecule has 0 N–H and O–H groups in total. The number of para-hydroxylation sites is 4. The van der Waals surface area contributed by atoms with E-state index in [1.807, 2.05) is 81.6 Å². The number of hydrogen-bond donors (Lipinski definition) is 0. The van der Waals surface area contributed by atoms with Gasteiger partial charge >= 0.3 is 0 Å². The molecule has 0 atom stereocenters. The number of hydrogen-bond acceptors (Lipinski definition) is 4. The normalized spacial score (nSPS) is 17.8. The monoisotopic (exact) mass is 970 g/mol. The first kappa shape index (κ1) is 38.5. The highest BCUT2D eigenvalue weighted by Gasteiger charge is 2.38. The van der Waals surface area contributed by atoms with Crippen LogP contribution in [0.3, 0.4) is 0 Å². The van der Waals surface area contributed by atoms with Crippen molar-refractivity contribution in [1.29, 1.82) is 0 Å². The molecule has 73 heavy (non-hydrogen) atoms. The molecule has 1 aliphatic heterocycles. The fourth-order valence-electron chi connectivity index (χ4n) is 11.2. The van der Waals surface area contributed by atoms with Crippen LogP contribution in [0.15, 0.2) is 164 Å². The molecule has 11 rings (SSSR count). The number of pyridine rings is 1. The number of aromatic nitrogens is 2. The summed E-state index contributed by atoms with van der Waals surface area (Å²) in [5, 5.41) is 2.20. The fourth-order valence-corrected chi connectivity index (χ4v) is 11.2. The van der Waals surface area contributed by atoms with E-state index in [-0.39, 0.29) is 21.8 Å². The Bertz CT molecular complexity index is 3930. The number of benzene rings is 7. The lowest BCUT2D eigenvalue weighted by molar-refractivity contribution is 0.332. The third-order valence-corrected chi connectivity index (χ3v) is 15.6. The number of ether oxygens (including phenoxy) is 1. The maximum absolute atomic E-state index is 8.82. The zero-order chi connectivity index (χ0) is 58.9. The molecule has 2 aromatic heterocycles. The van der Waals surface area contributed by atoms with E-state index in [0.29, 0.717) is 34.9 Å². The van der Waals surface area contributed by atoms with Crippen molar-refractivity contribution in [1.82, 2.24) is 9.55 Å². The molecule has 0 fully saturated rings. The topological polar surface area (TPSA) is 33.5 Å². The molecular weight excluding hydrogens is 889 g/mol. The first-order valence-electron chi connectivity index (χ1n) is 30.2. The summed E-state index contributed by atoms with van der Waals surface area (Å²) in [6, 6.07) is 53.0. The predicted octanol–water partition coefficient (Wildman–Crippen LogP) is 18.8. The summed E-state index contributed by atoms with van der Waals surface area (Å²) < 4.78 is 88.4. The molecule has 370 valence electrons. The zero-order valence-corrected chi connectivity index (χ0v) is 43.9. The number of nitrogens with zero attached hydrogens (tertiary/aromatic N) is 4. The summed E-state index contributed by atoms with van der Waals surface area (Å²) in [4.78, 5) is 9.40. The second kappa shape index (κ2) is 17.3. The summed E-state index contributed by atoms with van der Waals surface area (Å²) in [6.07, 6.45) is 3.96. The maximum atomic E-state index is 8.82. The Kier molecular flexibility index (Phi) is 9.10. The molecule has 5 nitrogen and oxygen atoms in total. The molecule has 0 saturated carbocycles. The van der Waals surface area contributed by atoms with Gasteiger partial charge in [-0.1, -0.05) is 181 Å². The average molecular weight is 970 g/mol. The van der Waals surface area contributed by atoms with E-state index in [4.69, 9.17) is 22.1 Å². The second-order valence-electron chi connectivity index (χ2n) is 23.8. The van der Waals surface area contributed by atoms with Gasteiger partial charge in [0, 0.05) is 58.3 Å². The van der Waals surface area contributed by atoms with Gasteiger partial charge in [0.1, 0.15) is 24.0 Å². The van der Waals surface area contributed by atoms with Crippen molar-refractivity contribution >= 4 is 44.6 Å². The first-order valence-corrected chi connectivity index (χ1v) is 25.7. The lowest BCUT2D eigenvalue weighted by Gasteiger charge is -2.42. The summed E-state index contributed by atoms with van der Waals surface area (Å²) in [5.41, 5.74) is 8.58. The van der Waals surface area contributed by atoms with Gasteiger partial charge in [-0.3, -0.25) is 4.57 Å². The molecule has 5 heteroatoms. The van der Waals surface area contributed by atoms with Crippen LogP contribution >= 0.6 is 0 Å². The van der Waals surface area contributed by atoms with Crippen molar-refractivity contribution in [3.05, 3.63) is 192 Å². The summed E-state index contributed by atoms with van der Waals surface area (Å²) >= 11 is 0. The lowest BCUT2D eigenvalue weighted by atomic mass is 9.63. The van der Waals surface area contributed by atoms with E-state index < -0.39 is 31.4 Å². The standard InChI is InChI=1S/C68H72N4O/c1-64(2,3)46-32-35-69-62(40-46)72-58-25-15-14-22-54(58)55-30-29-51(42-61(55)72)73-50-21-18-20-49(41-50)70-43-71(60-27-17-16-26-59(60)70)63-52(44-28-31-56-57(38-44)68(12,13)34-33-67(56,10)11)23-19-24-53(63)45-36-47(65(4,5)6)39-48(37-45)66(7,8)9/h14-32,35-42H,33-34,43H2,1-13H3/i4D3,5D3,6D3. The molecule has 0 spiro atoms. The van der Waals surface area contributed by atoms with Crippen LogP contribution in [0.4, 0.5) is 22.7 Å². The molecule has 1 aliphatic carbocycles. The van der Waals surface area contributed by atoms with Crippen molar-refractivity contribution in [3.63, 3.8) is 0 Å². The molecule has 0 bridgehead atoms. The van der Waals surface area contributed by atoms with Crippen LogP contribution in [0.2, 0.25) is 0 Å². The van der Waals surface area contributed by atoms with Crippen molar-refractivity contribution < 1.29 is 17.1 Å². The van der Waals surface area contributed by atoms with Gasteiger partial charge in [0.05, 0.1) is 28.1 Å². The minimum Gasteiger partial charge on any atom is -0.457 e. The van der Waals surface area contributed by atoms with E-state index in [0.717, 1.165) is 74.3 Å². The third kappa shape index (κ3) is 8.69. The second-order valence-corrected chi connectivity index (χ2v) is 23.8. The van der Waals surface area contributed by atoms with E-state index >= 15 is 0 Å². The Labute approximate surface area is 447 Å². The SMILES string of the molecule is [2H]C([2H])([2H])C(c1cc(-c2cccc(-c3ccc4c(c3)C(C)(C)CCC4(C)C)c2N2CN(c3cccc(Oc4ccc5c6ccccc6n(-c6cc(C(C)(C)C)ccn6)c5c4)c3)c3ccccc32)cc(C(C)(C)C)c1)(C([2H])([2H])[2H])C([2H])([2H])[2H]. The highest BCUT2D eigenvalue weighted by atomic mass is 16.5. The van der Waals surface area contributed by atoms with Gasteiger partial charge in [-0.15, -0.1) is 0 Å². The zero-order valence-electron chi connectivity index (χ0n) is 52.9. The van der Waals surface area contributed by atoms with Crippen molar-refractivity contribution in [3.8, 4) is 39.6 Å². The minimum absolute atomic E-state index is 0.0336. The van der Waals surface area contributed by atoms with Crippen LogP contribution in [-0.2, 0) is 27.1 Å². The van der Waals surface area contributed by atoms with Crippen molar-refractivity contribution in [2.24, 2.45) is 0 Å². The summed E-state index contributed by atoms with van der Waals surface area (Å²) in [5.74, 6) is 2.13. The molecule has 0 radical (unpaired) electrons. The summed E-state index contributed by atoms with van der Waals surface area (Å²) in [6.45, 7) is 11.7. The molecular formula is C68H72N4O. The average Bonchev–Trinajstić information content (AvgIpc) is 1.85. The highest BCUT2D eigenvalue weighted by molar-refractivity contribution is 6.09. The van der Waals surface area contributed by atoms with Gasteiger partial charge in [-0.05, 0) is 133 Å². The van der Waals surface area contributed by atoms with Gasteiger partial charge < -0.3 is 14.5 Å². The lowest BCUT2D eigenvalue weighted by Crippen LogP contribution is -2.33. The Hall–Kier alpha value is -7.11. The quantitative estimate of drug-likeness (QED) is 0.159. The van der Waals surface area contributed by atoms with E-state index in [1.54, 1.807) is 0 Å². The van der Waals surface area contributed by atoms with Crippen LogP contribution in [-0.4, -0.2) is 16.2 Å². The van der Waals surface area contributed by atoms with E-state index in [2.05, 4.69) is 154 Å². The van der Waals surface area contributed by atoms with Crippen LogP contribution in [0.25, 0.3) is 49.9 Å². The molecule has 0 amide bonds. The van der Waals surface area contributed by atoms with Crippen LogP contribution in [0.1, 0.15) is 143 Å². The van der Waals surface area contributed by atoms with Gasteiger partial charge in [-0.2, -0.15) is 0 Å². The minimum atomic E-state index is -3.46. The first-order chi connectivity index (χ1) is 38.3. The molecule has 9 aromatic rings. The van der Waals surface area contributed by atoms with Gasteiger partial charge in [0.2, 0.25) is 0 Å². The summed E-state index contributed by atoms with van der Waals surface area (Å²) in [7, 11) is 0.